The highest BCUT2D eigenvalue weighted by Crippen LogP contribution is 2.70. The zero-order valence-electron chi connectivity index (χ0n) is 28.1. The second-order valence-electron chi connectivity index (χ2n) is 12.5. The maximum atomic E-state index is 15.9. The van der Waals surface area contributed by atoms with Crippen molar-refractivity contribution in [3.05, 3.63) is 194 Å². The molecule has 0 spiro atoms. The Morgan fingerprint density at radius 2 is 0.750 bits per heavy atom. The van der Waals surface area contributed by atoms with E-state index in [4.69, 9.17) is 15.0 Å². The molecule has 6 nitrogen and oxygen atoms in total. The van der Waals surface area contributed by atoms with Gasteiger partial charge in [0.25, 0.3) is 0 Å². The van der Waals surface area contributed by atoms with E-state index < -0.39 is 7.44 Å². The van der Waals surface area contributed by atoms with Crippen LogP contribution in [0.5, 0.6) is 0 Å². The molecule has 248 valence electrons. The molecule has 0 saturated carbocycles. The predicted octanol–water partition coefficient (Wildman–Crippen LogP) is 11.3. The number of benzene rings is 7. The Labute approximate surface area is 302 Å². The average molecular weight is 690 g/mol. The molecule has 7 heteroatoms. The molecule has 0 bridgehead atoms. The van der Waals surface area contributed by atoms with Gasteiger partial charge in [-0.05, 0) is 65.7 Å². The summed E-state index contributed by atoms with van der Waals surface area (Å²) < 4.78 is 20.0. The van der Waals surface area contributed by atoms with Gasteiger partial charge in [0.2, 0.25) is 0 Å². The Hall–Kier alpha value is -6.62. The summed E-state index contributed by atoms with van der Waals surface area (Å²) in [6, 6.07) is 64.4. The van der Waals surface area contributed by atoms with Crippen molar-refractivity contribution in [2.75, 3.05) is 9.34 Å². The molecule has 0 amide bonds. The quantitative estimate of drug-likeness (QED) is 0.155. The number of rotatable bonds is 7. The van der Waals surface area contributed by atoms with Gasteiger partial charge < -0.3 is 0 Å². The van der Waals surface area contributed by atoms with Crippen LogP contribution < -0.4 is 14.6 Å². The van der Waals surface area contributed by atoms with Crippen LogP contribution in [0.3, 0.4) is 0 Å². The lowest BCUT2D eigenvalue weighted by Gasteiger charge is -2.33. The molecular formula is C45H32N5OP. The number of nitrogens with zero attached hydrogens (tertiary/aromatic N) is 5. The van der Waals surface area contributed by atoms with Gasteiger partial charge in [-0.1, -0.05) is 140 Å². The van der Waals surface area contributed by atoms with Gasteiger partial charge in [0.15, 0.2) is 17.5 Å². The van der Waals surface area contributed by atoms with E-state index in [1.54, 1.807) is 0 Å². The third-order valence-electron chi connectivity index (χ3n) is 9.22. The number of aromatic nitrogens is 3. The first-order valence-corrected chi connectivity index (χ1v) is 18.8. The van der Waals surface area contributed by atoms with Gasteiger partial charge in [0.1, 0.15) is 0 Å². The SMILES string of the molecule is O=P1(c2ccccc2)N(c2ccccc2)c2ccc(-c3cccc(-c4nc(-c5ccccc5)nc(-c5ccccc5)n4)c3)cc2N1c1ccccc1. The van der Waals surface area contributed by atoms with Crippen molar-refractivity contribution in [3.63, 3.8) is 0 Å². The van der Waals surface area contributed by atoms with E-state index in [0.29, 0.717) is 17.5 Å². The summed E-state index contributed by atoms with van der Waals surface area (Å²) in [6.45, 7) is 0. The molecule has 0 radical (unpaired) electrons. The topological polar surface area (TPSA) is 62.2 Å². The first kappa shape index (κ1) is 31.4. The van der Waals surface area contributed by atoms with E-state index in [1.165, 1.54) is 0 Å². The second kappa shape index (κ2) is 13.3. The minimum absolute atomic E-state index is 0.588. The van der Waals surface area contributed by atoms with Crippen molar-refractivity contribution in [1.29, 1.82) is 0 Å². The van der Waals surface area contributed by atoms with Crippen LogP contribution in [0.2, 0.25) is 0 Å². The van der Waals surface area contributed by atoms with Gasteiger partial charge in [0, 0.05) is 28.1 Å². The lowest BCUT2D eigenvalue weighted by atomic mass is 10.0. The van der Waals surface area contributed by atoms with Gasteiger partial charge in [-0.25, -0.2) is 15.0 Å². The third-order valence-corrected chi connectivity index (χ3v) is 12.2. The molecule has 1 aliphatic rings. The van der Waals surface area contributed by atoms with Crippen molar-refractivity contribution in [2.45, 2.75) is 0 Å². The standard InChI is InChI=1S/C45H32N5OP/c51-52(40-27-14-5-15-28-40)49(38-23-10-3-11-24-38)41-30-29-36(32-42(41)50(52)39-25-12-4-13-26-39)35-21-16-22-37(31-35)45-47-43(33-17-6-1-7-18-33)46-44(48-45)34-19-8-2-9-20-34/h1-32H. The molecule has 1 aromatic heterocycles. The average Bonchev–Trinajstić information content (AvgIpc) is 3.50. The Morgan fingerprint density at radius 1 is 0.346 bits per heavy atom. The molecule has 8 aromatic rings. The Kier molecular flexibility index (Phi) is 8.00. The molecule has 52 heavy (non-hydrogen) atoms. The minimum Gasteiger partial charge on any atom is -0.270 e. The van der Waals surface area contributed by atoms with E-state index in [0.717, 1.165) is 55.9 Å². The van der Waals surface area contributed by atoms with Gasteiger partial charge >= 0.3 is 7.44 Å². The van der Waals surface area contributed by atoms with Crippen molar-refractivity contribution < 1.29 is 4.57 Å². The summed E-state index contributed by atoms with van der Waals surface area (Å²) in [5.74, 6) is 1.82. The Balaban J connectivity index is 1.20. The summed E-state index contributed by atoms with van der Waals surface area (Å²) >= 11 is 0. The molecule has 1 unspecified atom stereocenters. The monoisotopic (exact) mass is 689 g/mol. The molecule has 0 saturated heterocycles. The van der Waals surface area contributed by atoms with Crippen LogP contribution in [0.25, 0.3) is 45.3 Å². The lowest BCUT2D eigenvalue weighted by molar-refractivity contribution is 0.582. The summed E-state index contributed by atoms with van der Waals surface area (Å²) in [5, 5.41) is 0.751. The summed E-state index contributed by atoms with van der Waals surface area (Å²) in [4.78, 5) is 14.8. The van der Waals surface area contributed by atoms with Gasteiger partial charge in [-0.15, -0.1) is 0 Å². The molecule has 0 N–H and O–H groups in total. The molecule has 1 aliphatic heterocycles. The fraction of sp³-hybridized carbons (Fsp3) is 0. The molecule has 0 aliphatic carbocycles. The third kappa shape index (κ3) is 5.56. The predicted molar refractivity (Wildman–Crippen MR) is 212 cm³/mol. The van der Waals surface area contributed by atoms with Crippen LogP contribution in [0.4, 0.5) is 22.7 Å². The Morgan fingerprint density at radius 3 is 1.29 bits per heavy atom. The van der Waals surface area contributed by atoms with Gasteiger partial charge in [-0.2, -0.15) is 0 Å². The number of hydrogen-bond donors (Lipinski definition) is 0. The highest BCUT2D eigenvalue weighted by Gasteiger charge is 2.49. The van der Waals surface area contributed by atoms with Crippen LogP contribution in [0.15, 0.2) is 194 Å². The maximum absolute atomic E-state index is 15.9. The number of anilines is 4. The molecule has 9 rings (SSSR count). The van der Waals surface area contributed by atoms with Crippen LogP contribution in [0, 0.1) is 0 Å². The van der Waals surface area contributed by atoms with Crippen LogP contribution in [-0.2, 0) is 4.57 Å². The number of hydrogen-bond acceptors (Lipinski definition) is 4. The molecule has 1 atom stereocenters. The molecule has 7 aromatic carbocycles. The largest absolute Gasteiger partial charge is 0.301 e. The van der Waals surface area contributed by atoms with Gasteiger partial charge in [-0.3, -0.25) is 13.9 Å². The number of para-hydroxylation sites is 2. The fourth-order valence-corrected chi connectivity index (χ4v) is 9.80. The van der Waals surface area contributed by atoms with E-state index >= 15 is 4.57 Å². The smallest absolute Gasteiger partial charge is 0.270 e. The van der Waals surface area contributed by atoms with Crippen molar-refractivity contribution in [2.24, 2.45) is 0 Å². The zero-order chi connectivity index (χ0) is 34.9. The van der Waals surface area contributed by atoms with E-state index in [1.807, 2.05) is 173 Å². The molecule has 0 fully saturated rings. The summed E-state index contributed by atoms with van der Waals surface area (Å²) in [7, 11) is -3.47. The fourth-order valence-electron chi connectivity index (χ4n) is 6.79. The minimum atomic E-state index is -3.47. The van der Waals surface area contributed by atoms with Crippen molar-refractivity contribution >= 4 is 35.5 Å². The summed E-state index contributed by atoms with van der Waals surface area (Å²) in [6.07, 6.45) is 0. The van der Waals surface area contributed by atoms with Crippen molar-refractivity contribution in [3.8, 4) is 45.3 Å². The maximum Gasteiger partial charge on any atom is 0.301 e. The highest BCUT2D eigenvalue weighted by atomic mass is 31.2. The molecular weight excluding hydrogens is 658 g/mol. The lowest BCUT2D eigenvalue weighted by Crippen LogP contribution is -2.26. The normalized spacial score (nSPS) is 15.0. The Bertz CT molecular complexity index is 2490. The van der Waals surface area contributed by atoms with Crippen LogP contribution in [0.1, 0.15) is 0 Å². The van der Waals surface area contributed by atoms with Crippen LogP contribution in [-0.4, -0.2) is 15.0 Å². The first-order chi connectivity index (χ1) is 25.7. The summed E-state index contributed by atoms with van der Waals surface area (Å²) in [5.41, 5.74) is 8.14. The van der Waals surface area contributed by atoms with E-state index in [9.17, 15) is 0 Å². The second-order valence-corrected chi connectivity index (χ2v) is 14.9. The van der Waals surface area contributed by atoms with Crippen LogP contribution >= 0.6 is 7.44 Å². The van der Waals surface area contributed by atoms with Crippen molar-refractivity contribution in [1.82, 2.24) is 15.0 Å². The van der Waals surface area contributed by atoms with E-state index in [-0.39, 0.29) is 0 Å². The molecule has 2 heterocycles. The highest BCUT2D eigenvalue weighted by molar-refractivity contribution is 7.76. The van der Waals surface area contributed by atoms with E-state index in [2.05, 4.69) is 30.3 Å². The van der Waals surface area contributed by atoms with Gasteiger partial charge in [0.05, 0.1) is 16.7 Å². The number of fused-ring (bicyclic) bond motifs is 1. The zero-order valence-corrected chi connectivity index (χ0v) is 29.0. The first-order valence-electron chi connectivity index (χ1n) is 17.2.